The Labute approximate surface area is 144 Å². The van der Waals surface area contributed by atoms with E-state index in [1.807, 2.05) is 18.2 Å². The number of nitrogens with zero attached hydrogens (tertiary/aromatic N) is 2. The second-order valence-corrected chi connectivity index (χ2v) is 5.92. The van der Waals surface area contributed by atoms with Crippen molar-refractivity contribution in [3.8, 4) is 11.5 Å². The van der Waals surface area contributed by atoms with Gasteiger partial charge in [-0.15, -0.1) is 0 Å². The first-order valence-corrected chi connectivity index (χ1v) is 8.06. The number of nitrogens with one attached hydrogen (secondary N) is 2. The summed E-state index contributed by atoms with van der Waals surface area (Å²) in [6.45, 7) is 0. The van der Waals surface area contributed by atoms with E-state index in [1.165, 1.54) is 0 Å². The van der Waals surface area contributed by atoms with E-state index in [0.717, 1.165) is 24.1 Å². The van der Waals surface area contributed by atoms with E-state index in [1.54, 1.807) is 14.2 Å². The van der Waals surface area contributed by atoms with E-state index in [0.29, 0.717) is 35.1 Å². The van der Waals surface area contributed by atoms with Crippen LogP contribution < -0.4 is 20.1 Å². The third-order valence-corrected chi connectivity index (χ3v) is 4.53. The molecule has 2 N–H and O–H groups in total. The number of benzene rings is 1. The molecule has 1 atom stereocenters. The Morgan fingerprint density at radius 1 is 1.16 bits per heavy atom. The summed E-state index contributed by atoms with van der Waals surface area (Å²) in [5.74, 6) is 2.21. The van der Waals surface area contributed by atoms with Gasteiger partial charge in [0.1, 0.15) is 0 Å². The van der Waals surface area contributed by atoms with Crippen LogP contribution in [-0.4, -0.2) is 30.3 Å². The summed E-state index contributed by atoms with van der Waals surface area (Å²) >= 11 is 0. The molecule has 0 radical (unpaired) electrons. The van der Waals surface area contributed by atoms with E-state index < -0.39 is 6.04 Å². The summed E-state index contributed by atoms with van der Waals surface area (Å²) < 4.78 is 15.8. The standard InChI is InChI=1S/C17H18N4O4/c1-23-12-8-3-5-9(15(12)24-2)14-13-10(6-4-7-11(13)22)18-16-17(19-14)21-25-20-16/h3,5,8,14H,4,6-7H2,1-2H3,(H,18,20)(H,19,21)/t14-/m0/s1. The number of rotatable bonds is 3. The fraction of sp³-hybridized carbons (Fsp3) is 0.353. The van der Waals surface area contributed by atoms with Gasteiger partial charge >= 0.3 is 0 Å². The Kier molecular flexibility index (Phi) is 3.79. The molecule has 2 aliphatic rings. The van der Waals surface area contributed by atoms with E-state index in [9.17, 15) is 4.79 Å². The van der Waals surface area contributed by atoms with Crippen LogP contribution in [0.15, 0.2) is 34.1 Å². The van der Waals surface area contributed by atoms with Crippen molar-refractivity contribution in [2.24, 2.45) is 0 Å². The summed E-state index contributed by atoms with van der Waals surface area (Å²) in [4.78, 5) is 12.7. The monoisotopic (exact) mass is 342 g/mol. The molecule has 0 fully saturated rings. The van der Waals surface area contributed by atoms with Crippen LogP contribution in [0.2, 0.25) is 0 Å². The molecule has 0 spiro atoms. The van der Waals surface area contributed by atoms with Gasteiger partial charge in [-0.3, -0.25) is 4.79 Å². The van der Waals surface area contributed by atoms with E-state index in [4.69, 9.17) is 14.1 Å². The molecule has 25 heavy (non-hydrogen) atoms. The molecule has 0 saturated carbocycles. The van der Waals surface area contributed by atoms with Crippen LogP contribution in [-0.2, 0) is 4.79 Å². The number of hydrogen-bond donors (Lipinski definition) is 2. The van der Waals surface area contributed by atoms with E-state index >= 15 is 0 Å². The zero-order chi connectivity index (χ0) is 17.4. The molecule has 0 unspecified atom stereocenters. The highest BCUT2D eigenvalue weighted by molar-refractivity contribution is 6.00. The van der Waals surface area contributed by atoms with Crippen molar-refractivity contribution < 1.29 is 18.9 Å². The van der Waals surface area contributed by atoms with Crippen molar-refractivity contribution in [2.75, 3.05) is 24.9 Å². The third-order valence-electron chi connectivity index (χ3n) is 4.53. The van der Waals surface area contributed by atoms with Gasteiger partial charge in [-0.25, -0.2) is 4.63 Å². The van der Waals surface area contributed by atoms with Gasteiger partial charge < -0.3 is 20.1 Å². The van der Waals surface area contributed by atoms with Gasteiger partial charge in [-0.2, -0.15) is 0 Å². The first kappa shape index (κ1) is 15.5. The first-order chi connectivity index (χ1) is 12.2. The van der Waals surface area contributed by atoms with Crippen molar-refractivity contribution in [1.29, 1.82) is 0 Å². The number of anilines is 2. The van der Waals surface area contributed by atoms with Gasteiger partial charge in [0.25, 0.3) is 0 Å². The van der Waals surface area contributed by atoms with Crippen molar-refractivity contribution >= 4 is 17.4 Å². The van der Waals surface area contributed by atoms with Crippen molar-refractivity contribution in [1.82, 2.24) is 10.3 Å². The SMILES string of the molecule is COc1cccc([C@@H]2Nc3nonc3NC3=C2C(=O)CCC3)c1OC. The van der Waals surface area contributed by atoms with Crippen LogP contribution in [0.5, 0.6) is 11.5 Å². The lowest BCUT2D eigenvalue weighted by molar-refractivity contribution is -0.116. The maximum absolute atomic E-state index is 12.7. The Bertz CT molecular complexity index is 858. The van der Waals surface area contributed by atoms with Crippen molar-refractivity contribution in [2.45, 2.75) is 25.3 Å². The van der Waals surface area contributed by atoms with Gasteiger partial charge in [0.2, 0.25) is 11.6 Å². The quantitative estimate of drug-likeness (QED) is 0.878. The fourth-order valence-corrected chi connectivity index (χ4v) is 3.42. The van der Waals surface area contributed by atoms with Crippen LogP contribution in [0.3, 0.4) is 0 Å². The molecule has 0 saturated heterocycles. The van der Waals surface area contributed by atoms with Gasteiger partial charge in [-0.1, -0.05) is 12.1 Å². The highest BCUT2D eigenvalue weighted by atomic mass is 16.6. The molecule has 1 aromatic carbocycles. The molecule has 0 amide bonds. The number of carbonyl (C=O) groups excluding carboxylic acids is 1. The Hall–Kier alpha value is -3.03. The zero-order valence-electron chi connectivity index (χ0n) is 14.0. The molecule has 0 bridgehead atoms. The first-order valence-electron chi connectivity index (χ1n) is 8.06. The number of fused-ring (bicyclic) bond motifs is 1. The van der Waals surface area contributed by atoms with Crippen LogP contribution in [0.25, 0.3) is 0 Å². The summed E-state index contributed by atoms with van der Waals surface area (Å²) in [6.07, 6.45) is 2.07. The molecular weight excluding hydrogens is 324 g/mol. The number of ketones is 1. The maximum Gasteiger partial charge on any atom is 0.219 e. The number of aromatic nitrogens is 2. The highest BCUT2D eigenvalue weighted by Gasteiger charge is 2.35. The molecule has 130 valence electrons. The molecule has 4 rings (SSSR count). The topological polar surface area (TPSA) is 98.5 Å². The fourth-order valence-electron chi connectivity index (χ4n) is 3.42. The van der Waals surface area contributed by atoms with Gasteiger partial charge in [0, 0.05) is 23.3 Å². The predicted molar refractivity (Wildman–Crippen MR) is 89.7 cm³/mol. The molecular formula is C17H18N4O4. The molecule has 2 heterocycles. The van der Waals surface area contributed by atoms with E-state index in [2.05, 4.69) is 20.9 Å². The van der Waals surface area contributed by atoms with Gasteiger partial charge in [0.05, 0.1) is 20.3 Å². The molecule has 1 aliphatic heterocycles. The summed E-state index contributed by atoms with van der Waals surface area (Å²) in [5, 5.41) is 14.2. The Morgan fingerprint density at radius 2 is 2.00 bits per heavy atom. The van der Waals surface area contributed by atoms with Crippen LogP contribution in [0.1, 0.15) is 30.9 Å². The minimum Gasteiger partial charge on any atom is -0.493 e. The smallest absolute Gasteiger partial charge is 0.219 e. The molecule has 1 aromatic heterocycles. The number of allylic oxidation sites excluding steroid dienone is 1. The summed E-state index contributed by atoms with van der Waals surface area (Å²) in [6, 6.07) is 5.16. The minimum atomic E-state index is -0.437. The van der Waals surface area contributed by atoms with Gasteiger partial charge in [0.15, 0.2) is 17.3 Å². The molecule has 2 aromatic rings. The van der Waals surface area contributed by atoms with Crippen LogP contribution >= 0.6 is 0 Å². The van der Waals surface area contributed by atoms with Crippen molar-refractivity contribution in [3.05, 3.63) is 35.0 Å². The summed E-state index contributed by atoms with van der Waals surface area (Å²) in [7, 11) is 3.16. The number of hydrogen-bond acceptors (Lipinski definition) is 8. The molecule has 8 nitrogen and oxygen atoms in total. The number of methoxy groups -OCH3 is 2. The highest BCUT2D eigenvalue weighted by Crippen LogP contribution is 2.44. The van der Waals surface area contributed by atoms with E-state index in [-0.39, 0.29) is 5.78 Å². The maximum atomic E-state index is 12.7. The lowest BCUT2D eigenvalue weighted by Gasteiger charge is -2.26. The Morgan fingerprint density at radius 3 is 2.80 bits per heavy atom. The number of Topliss-reactive ketones (excluding diaryl/α,β-unsaturated/α-hetero) is 1. The van der Waals surface area contributed by atoms with Crippen LogP contribution in [0, 0.1) is 0 Å². The number of ether oxygens (including phenoxy) is 2. The molecule has 8 heteroatoms. The second kappa shape index (κ2) is 6.12. The second-order valence-electron chi connectivity index (χ2n) is 5.92. The average Bonchev–Trinajstić information content (AvgIpc) is 2.99. The third kappa shape index (κ3) is 2.50. The largest absolute Gasteiger partial charge is 0.493 e. The number of para-hydroxylation sites is 1. The normalized spacial score (nSPS) is 19.3. The lowest BCUT2D eigenvalue weighted by Crippen LogP contribution is -2.24. The lowest BCUT2D eigenvalue weighted by atomic mass is 9.86. The average molecular weight is 342 g/mol. The van der Waals surface area contributed by atoms with Crippen molar-refractivity contribution in [3.63, 3.8) is 0 Å². The molecule has 1 aliphatic carbocycles. The summed E-state index contributed by atoms with van der Waals surface area (Å²) in [5.41, 5.74) is 2.31. The minimum absolute atomic E-state index is 0.0956. The zero-order valence-corrected chi connectivity index (χ0v) is 14.0. The van der Waals surface area contributed by atoms with Gasteiger partial charge in [-0.05, 0) is 29.2 Å². The van der Waals surface area contributed by atoms with Crippen LogP contribution in [0.4, 0.5) is 11.6 Å². The number of carbonyl (C=O) groups is 1. The Balaban J connectivity index is 1.91. The predicted octanol–water partition coefficient (Wildman–Crippen LogP) is 2.67.